The fourth-order valence-electron chi connectivity index (χ4n) is 2.48. The van der Waals surface area contributed by atoms with Gasteiger partial charge in [0.25, 0.3) is 5.91 Å². The van der Waals surface area contributed by atoms with Gasteiger partial charge in [-0.15, -0.1) is 12.4 Å². The Labute approximate surface area is 138 Å². The molecule has 1 aliphatic heterocycles. The first-order valence-electron chi connectivity index (χ1n) is 7.52. The van der Waals surface area contributed by atoms with Crippen molar-refractivity contribution in [3.63, 3.8) is 0 Å². The van der Waals surface area contributed by atoms with Gasteiger partial charge in [0.05, 0.1) is 7.11 Å². The lowest BCUT2D eigenvalue weighted by Gasteiger charge is -2.22. The fraction of sp³-hybridized carbons (Fsp3) is 0.562. The van der Waals surface area contributed by atoms with Crippen molar-refractivity contribution in [3.8, 4) is 11.5 Å². The lowest BCUT2D eigenvalue weighted by Crippen LogP contribution is -2.34. The van der Waals surface area contributed by atoms with Crippen molar-refractivity contribution in [2.75, 3.05) is 33.4 Å². The number of benzene rings is 1. The highest BCUT2D eigenvalue weighted by atomic mass is 35.5. The SMILES string of the molecule is COc1cccc(OCC(=O)NCCC2CCCNC2)c1.Cl. The molecule has 1 atom stereocenters. The molecule has 1 heterocycles. The van der Waals surface area contributed by atoms with Crippen molar-refractivity contribution in [2.45, 2.75) is 19.3 Å². The zero-order valence-corrected chi connectivity index (χ0v) is 13.8. The topological polar surface area (TPSA) is 59.6 Å². The molecular weight excluding hydrogens is 304 g/mol. The Kier molecular flexibility index (Phi) is 8.70. The van der Waals surface area contributed by atoms with E-state index in [4.69, 9.17) is 9.47 Å². The van der Waals surface area contributed by atoms with E-state index in [1.807, 2.05) is 18.2 Å². The normalized spacial score (nSPS) is 17.2. The standard InChI is InChI=1S/C16H24N2O3.ClH/c1-20-14-5-2-6-15(10-14)21-12-16(19)18-9-7-13-4-3-8-17-11-13;/h2,5-6,10,13,17H,3-4,7-9,11-12H2,1H3,(H,18,19);1H. The van der Waals surface area contributed by atoms with E-state index in [2.05, 4.69) is 10.6 Å². The van der Waals surface area contributed by atoms with Crippen LogP contribution in [-0.4, -0.2) is 39.3 Å². The average Bonchev–Trinajstić information content (AvgIpc) is 2.54. The van der Waals surface area contributed by atoms with Crippen molar-refractivity contribution >= 4 is 18.3 Å². The second-order valence-electron chi connectivity index (χ2n) is 5.32. The maximum Gasteiger partial charge on any atom is 0.257 e. The molecule has 1 aliphatic rings. The highest BCUT2D eigenvalue weighted by Gasteiger charge is 2.12. The molecule has 0 radical (unpaired) electrons. The summed E-state index contributed by atoms with van der Waals surface area (Å²) >= 11 is 0. The van der Waals surface area contributed by atoms with Crippen LogP contribution in [-0.2, 0) is 4.79 Å². The molecule has 1 amide bonds. The molecule has 0 aromatic heterocycles. The highest BCUT2D eigenvalue weighted by molar-refractivity contribution is 5.85. The number of nitrogens with one attached hydrogen (secondary N) is 2. The van der Waals surface area contributed by atoms with Crippen molar-refractivity contribution in [1.29, 1.82) is 0 Å². The number of carbonyl (C=O) groups excluding carboxylic acids is 1. The number of piperidine rings is 1. The molecule has 1 saturated heterocycles. The van der Waals surface area contributed by atoms with Crippen LogP contribution in [0, 0.1) is 5.92 Å². The quantitative estimate of drug-likeness (QED) is 0.804. The van der Waals surface area contributed by atoms with Crippen LogP contribution in [0.3, 0.4) is 0 Å². The van der Waals surface area contributed by atoms with Gasteiger partial charge in [-0.2, -0.15) is 0 Å². The Morgan fingerprint density at radius 2 is 2.23 bits per heavy atom. The summed E-state index contributed by atoms with van der Waals surface area (Å²) in [6.07, 6.45) is 3.51. The third kappa shape index (κ3) is 6.54. The molecule has 1 aromatic carbocycles. The Morgan fingerprint density at radius 3 is 2.95 bits per heavy atom. The molecule has 0 aliphatic carbocycles. The third-order valence-electron chi connectivity index (χ3n) is 3.68. The van der Waals surface area contributed by atoms with Gasteiger partial charge in [0.15, 0.2) is 6.61 Å². The number of hydrogen-bond acceptors (Lipinski definition) is 4. The van der Waals surface area contributed by atoms with Crippen LogP contribution in [0.15, 0.2) is 24.3 Å². The van der Waals surface area contributed by atoms with Crippen molar-refractivity contribution < 1.29 is 14.3 Å². The van der Waals surface area contributed by atoms with Crippen LogP contribution in [0.1, 0.15) is 19.3 Å². The molecule has 2 rings (SSSR count). The molecule has 1 fully saturated rings. The molecule has 124 valence electrons. The number of hydrogen-bond donors (Lipinski definition) is 2. The molecule has 1 unspecified atom stereocenters. The van der Waals surface area contributed by atoms with Crippen LogP contribution in [0.5, 0.6) is 11.5 Å². The van der Waals surface area contributed by atoms with Crippen molar-refractivity contribution in [3.05, 3.63) is 24.3 Å². The number of amides is 1. The molecule has 0 bridgehead atoms. The van der Waals surface area contributed by atoms with E-state index in [0.29, 0.717) is 18.2 Å². The summed E-state index contributed by atoms with van der Waals surface area (Å²) in [6, 6.07) is 7.25. The monoisotopic (exact) mass is 328 g/mol. The van der Waals surface area contributed by atoms with E-state index < -0.39 is 0 Å². The summed E-state index contributed by atoms with van der Waals surface area (Å²) in [5.41, 5.74) is 0. The van der Waals surface area contributed by atoms with Crippen LogP contribution in [0.4, 0.5) is 0 Å². The number of methoxy groups -OCH3 is 1. The predicted octanol–water partition coefficient (Wildman–Crippen LogP) is 2.00. The maximum atomic E-state index is 11.7. The van der Waals surface area contributed by atoms with Crippen molar-refractivity contribution in [2.24, 2.45) is 5.92 Å². The minimum atomic E-state index is -0.0819. The van der Waals surface area contributed by atoms with Gasteiger partial charge < -0.3 is 20.1 Å². The van der Waals surface area contributed by atoms with Gasteiger partial charge in [0, 0.05) is 12.6 Å². The first-order chi connectivity index (χ1) is 10.3. The number of ether oxygens (including phenoxy) is 2. The Bertz CT molecular complexity index is 451. The van der Waals surface area contributed by atoms with E-state index in [1.165, 1.54) is 12.8 Å². The molecular formula is C16H25ClN2O3. The fourth-order valence-corrected chi connectivity index (χ4v) is 2.48. The van der Waals surface area contributed by atoms with Gasteiger partial charge in [-0.05, 0) is 50.4 Å². The number of carbonyl (C=O) groups is 1. The van der Waals surface area contributed by atoms with Gasteiger partial charge in [0.2, 0.25) is 0 Å². The van der Waals surface area contributed by atoms with Gasteiger partial charge in [-0.25, -0.2) is 0 Å². The lowest BCUT2D eigenvalue weighted by atomic mass is 9.96. The van der Waals surface area contributed by atoms with Gasteiger partial charge >= 0.3 is 0 Å². The minimum absolute atomic E-state index is 0. The Hall–Kier alpha value is -1.46. The van der Waals surface area contributed by atoms with E-state index in [1.54, 1.807) is 13.2 Å². The summed E-state index contributed by atoms with van der Waals surface area (Å²) in [6.45, 7) is 2.94. The Balaban J connectivity index is 0.00000242. The second kappa shape index (κ2) is 10.3. The molecule has 6 heteroatoms. The van der Waals surface area contributed by atoms with Crippen molar-refractivity contribution in [1.82, 2.24) is 10.6 Å². The number of halogens is 1. The largest absolute Gasteiger partial charge is 0.497 e. The summed E-state index contributed by atoms with van der Waals surface area (Å²) in [7, 11) is 1.60. The van der Waals surface area contributed by atoms with Gasteiger partial charge in [-0.1, -0.05) is 6.07 Å². The molecule has 0 spiro atoms. The predicted molar refractivity (Wildman–Crippen MR) is 89.0 cm³/mol. The highest BCUT2D eigenvalue weighted by Crippen LogP contribution is 2.18. The zero-order valence-electron chi connectivity index (χ0n) is 13.0. The summed E-state index contributed by atoms with van der Waals surface area (Å²) in [5.74, 6) is 1.96. The molecule has 0 saturated carbocycles. The van der Waals surface area contributed by atoms with E-state index in [-0.39, 0.29) is 24.9 Å². The zero-order chi connectivity index (χ0) is 14.9. The van der Waals surface area contributed by atoms with Gasteiger partial charge in [0.1, 0.15) is 11.5 Å². The first-order valence-corrected chi connectivity index (χ1v) is 7.52. The smallest absolute Gasteiger partial charge is 0.257 e. The number of rotatable bonds is 7. The van der Waals surface area contributed by atoms with E-state index in [0.717, 1.165) is 25.3 Å². The van der Waals surface area contributed by atoms with Crippen LogP contribution in [0.25, 0.3) is 0 Å². The van der Waals surface area contributed by atoms with Crippen LogP contribution >= 0.6 is 12.4 Å². The van der Waals surface area contributed by atoms with E-state index in [9.17, 15) is 4.79 Å². The first kappa shape index (κ1) is 18.6. The average molecular weight is 329 g/mol. The van der Waals surface area contributed by atoms with Gasteiger partial charge in [-0.3, -0.25) is 4.79 Å². The molecule has 5 nitrogen and oxygen atoms in total. The lowest BCUT2D eigenvalue weighted by molar-refractivity contribution is -0.123. The summed E-state index contributed by atoms with van der Waals surface area (Å²) in [5, 5.41) is 6.29. The molecule has 22 heavy (non-hydrogen) atoms. The summed E-state index contributed by atoms with van der Waals surface area (Å²) in [4.78, 5) is 11.7. The van der Waals surface area contributed by atoms with Crippen LogP contribution < -0.4 is 20.1 Å². The third-order valence-corrected chi connectivity index (χ3v) is 3.68. The molecule has 1 aromatic rings. The maximum absolute atomic E-state index is 11.7. The minimum Gasteiger partial charge on any atom is -0.497 e. The molecule has 2 N–H and O–H groups in total. The van der Waals surface area contributed by atoms with Crippen LogP contribution in [0.2, 0.25) is 0 Å². The Morgan fingerprint density at radius 1 is 1.41 bits per heavy atom. The second-order valence-corrected chi connectivity index (χ2v) is 5.32. The van der Waals surface area contributed by atoms with E-state index >= 15 is 0 Å². The summed E-state index contributed by atoms with van der Waals surface area (Å²) < 4.78 is 10.6.